The van der Waals surface area contributed by atoms with Crippen molar-refractivity contribution in [2.45, 2.75) is 32.4 Å². The van der Waals surface area contributed by atoms with Gasteiger partial charge in [-0.25, -0.2) is 9.78 Å². The predicted molar refractivity (Wildman–Crippen MR) is 95.1 cm³/mol. The van der Waals surface area contributed by atoms with Crippen molar-refractivity contribution in [3.8, 4) is 0 Å². The van der Waals surface area contributed by atoms with Gasteiger partial charge in [0, 0.05) is 38.5 Å². The molecule has 1 fully saturated rings. The molecule has 2 heterocycles. The van der Waals surface area contributed by atoms with E-state index in [4.69, 9.17) is 10.5 Å². The number of rotatable bonds is 7. The molecule has 1 saturated heterocycles. The lowest BCUT2D eigenvalue weighted by Crippen LogP contribution is -2.43. The number of pyridine rings is 1. The van der Waals surface area contributed by atoms with Crippen LogP contribution >= 0.6 is 0 Å². The minimum atomic E-state index is -0.271. The zero-order valence-corrected chi connectivity index (χ0v) is 14.8. The SMILES string of the molecule is COC[C@H](C)NC(=O)NCc1cccnc1N1CCC[C@@H](C(N)=O)C1. The summed E-state index contributed by atoms with van der Waals surface area (Å²) < 4.78 is 5.00. The lowest BCUT2D eigenvalue weighted by Gasteiger charge is -2.33. The molecule has 4 N–H and O–H groups in total. The van der Waals surface area contributed by atoms with Crippen LogP contribution < -0.4 is 21.3 Å². The highest BCUT2D eigenvalue weighted by Gasteiger charge is 2.26. The monoisotopic (exact) mass is 349 g/mol. The molecule has 0 spiro atoms. The number of anilines is 1. The summed E-state index contributed by atoms with van der Waals surface area (Å²) in [5.41, 5.74) is 6.36. The molecule has 0 saturated carbocycles. The molecule has 0 radical (unpaired) electrons. The summed E-state index contributed by atoms with van der Waals surface area (Å²) in [5, 5.41) is 5.64. The van der Waals surface area contributed by atoms with Crippen LogP contribution in [-0.4, -0.2) is 49.8 Å². The van der Waals surface area contributed by atoms with Crippen molar-refractivity contribution in [2.75, 3.05) is 31.7 Å². The van der Waals surface area contributed by atoms with Crippen LogP contribution in [-0.2, 0) is 16.1 Å². The second-order valence-corrected chi connectivity index (χ2v) is 6.36. The van der Waals surface area contributed by atoms with E-state index in [1.165, 1.54) is 0 Å². The minimum absolute atomic E-state index is 0.0724. The van der Waals surface area contributed by atoms with Crippen molar-refractivity contribution in [3.05, 3.63) is 23.9 Å². The van der Waals surface area contributed by atoms with Crippen molar-refractivity contribution < 1.29 is 14.3 Å². The fourth-order valence-electron chi connectivity index (χ4n) is 3.00. The number of amides is 3. The first kappa shape index (κ1) is 19.0. The smallest absolute Gasteiger partial charge is 0.315 e. The highest BCUT2D eigenvalue weighted by molar-refractivity contribution is 5.77. The van der Waals surface area contributed by atoms with Gasteiger partial charge in [-0.05, 0) is 25.8 Å². The molecule has 1 aromatic rings. The number of nitrogens with one attached hydrogen (secondary N) is 2. The van der Waals surface area contributed by atoms with Gasteiger partial charge in [-0.2, -0.15) is 0 Å². The Labute approximate surface area is 148 Å². The largest absolute Gasteiger partial charge is 0.383 e. The maximum Gasteiger partial charge on any atom is 0.315 e. The van der Waals surface area contributed by atoms with Crippen LogP contribution in [0.4, 0.5) is 10.6 Å². The van der Waals surface area contributed by atoms with Gasteiger partial charge in [0.15, 0.2) is 0 Å². The molecule has 1 aliphatic heterocycles. The predicted octanol–water partition coefficient (Wildman–Crippen LogP) is 0.617. The number of nitrogens with zero attached hydrogens (tertiary/aromatic N) is 2. The zero-order valence-electron chi connectivity index (χ0n) is 14.8. The summed E-state index contributed by atoms with van der Waals surface area (Å²) >= 11 is 0. The molecule has 1 aromatic heterocycles. The van der Waals surface area contributed by atoms with E-state index >= 15 is 0 Å². The Kier molecular flexibility index (Phi) is 7.00. The van der Waals surface area contributed by atoms with Gasteiger partial charge < -0.3 is 26.0 Å². The van der Waals surface area contributed by atoms with E-state index in [2.05, 4.69) is 20.5 Å². The van der Waals surface area contributed by atoms with Crippen molar-refractivity contribution in [1.29, 1.82) is 0 Å². The first-order valence-electron chi connectivity index (χ1n) is 8.52. The van der Waals surface area contributed by atoms with Crippen LogP contribution in [0.25, 0.3) is 0 Å². The Morgan fingerprint density at radius 3 is 3.04 bits per heavy atom. The molecule has 2 atom stereocenters. The topological polar surface area (TPSA) is 110 Å². The molecule has 0 unspecified atom stereocenters. The number of piperidine rings is 1. The summed E-state index contributed by atoms with van der Waals surface area (Å²) in [5.74, 6) is 0.361. The minimum Gasteiger partial charge on any atom is -0.383 e. The fraction of sp³-hybridized carbons (Fsp3) is 0.588. The van der Waals surface area contributed by atoms with Crippen molar-refractivity contribution in [1.82, 2.24) is 15.6 Å². The summed E-state index contributed by atoms with van der Waals surface area (Å²) in [7, 11) is 1.59. The Morgan fingerprint density at radius 2 is 2.32 bits per heavy atom. The normalized spacial score (nSPS) is 18.5. The quantitative estimate of drug-likeness (QED) is 0.668. The Bertz CT molecular complexity index is 595. The number of nitrogens with two attached hydrogens (primary N) is 1. The average Bonchev–Trinajstić information content (AvgIpc) is 2.60. The second kappa shape index (κ2) is 9.22. The molecular formula is C17H27N5O3. The maximum absolute atomic E-state index is 12.0. The van der Waals surface area contributed by atoms with Crippen molar-refractivity contribution in [3.63, 3.8) is 0 Å². The second-order valence-electron chi connectivity index (χ2n) is 6.36. The number of aromatic nitrogens is 1. The molecule has 138 valence electrons. The third kappa shape index (κ3) is 5.60. The van der Waals surface area contributed by atoms with Gasteiger partial charge in [-0.1, -0.05) is 6.07 Å². The first-order valence-corrected chi connectivity index (χ1v) is 8.52. The molecule has 3 amide bonds. The summed E-state index contributed by atoms with van der Waals surface area (Å²) in [6.45, 7) is 4.07. The van der Waals surface area contributed by atoms with E-state index in [1.807, 2.05) is 19.1 Å². The van der Waals surface area contributed by atoms with Gasteiger partial charge in [-0.15, -0.1) is 0 Å². The van der Waals surface area contributed by atoms with Crippen LogP contribution in [0.15, 0.2) is 18.3 Å². The number of carbonyl (C=O) groups excluding carboxylic acids is 2. The molecule has 0 bridgehead atoms. The number of primary amides is 1. The van der Waals surface area contributed by atoms with Crippen LogP contribution in [0, 0.1) is 5.92 Å². The number of ether oxygens (including phenoxy) is 1. The summed E-state index contributed by atoms with van der Waals surface area (Å²) in [6, 6.07) is 3.43. The van der Waals surface area contributed by atoms with Gasteiger partial charge >= 0.3 is 6.03 Å². The number of hydrogen-bond acceptors (Lipinski definition) is 5. The number of methoxy groups -OCH3 is 1. The molecule has 8 heteroatoms. The van der Waals surface area contributed by atoms with E-state index in [0.717, 1.165) is 30.8 Å². The van der Waals surface area contributed by atoms with Crippen molar-refractivity contribution in [2.24, 2.45) is 11.7 Å². The van der Waals surface area contributed by atoms with Gasteiger partial charge in [-0.3, -0.25) is 4.79 Å². The lowest BCUT2D eigenvalue weighted by atomic mass is 9.97. The van der Waals surface area contributed by atoms with Crippen LogP contribution in [0.1, 0.15) is 25.3 Å². The van der Waals surface area contributed by atoms with Crippen LogP contribution in [0.3, 0.4) is 0 Å². The molecule has 1 aliphatic rings. The Morgan fingerprint density at radius 1 is 1.52 bits per heavy atom. The molecule has 8 nitrogen and oxygen atoms in total. The molecular weight excluding hydrogens is 322 g/mol. The zero-order chi connectivity index (χ0) is 18.2. The third-order valence-corrected chi connectivity index (χ3v) is 4.22. The van der Waals surface area contributed by atoms with Crippen molar-refractivity contribution >= 4 is 17.8 Å². The van der Waals surface area contributed by atoms with E-state index in [-0.39, 0.29) is 23.9 Å². The first-order chi connectivity index (χ1) is 12.0. The standard InChI is InChI=1S/C17H27N5O3/c1-12(11-25-2)21-17(24)20-9-13-5-3-7-19-16(13)22-8-4-6-14(10-22)15(18)23/h3,5,7,12,14H,4,6,8-11H2,1-2H3,(H2,18,23)(H2,20,21,24)/t12-,14+/m0/s1. The number of urea groups is 1. The third-order valence-electron chi connectivity index (χ3n) is 4.22. The van der Waals surface area contributed by atoms with E-state index in [1.54, 1.807) is 13.3 Å². The van der Waals surface area contributed by atoms with E-state index < -0.39 is 0 Å². The van der Waals surface area contributed by atoms with Gasteiger partial charge in [0.05, 0.1) is 18.6 Å². The number of hydrogen-bond donors (Lipinski definition) is 3. The maximum atomic E-state index is 12.0. The van der Waals surface area contributed by atoms with Gasteiger partial charge in [0.1, 0.15) is 5.82 Å². The van der Waals surface area contributed by atoms with Gasteiger partial charge in [0.25, 0.3) is 0 Å². The van der Waals surface area contributed by atoms with E-state index in [9.17, 15) is 9.59 Å². The van der Waals surface area contributed by atoms with Gasteiger partial charge in [0.2, 0.25) is 5.91 Å². The van der Waals surface area contributed by atoms with Crippen LogP contribution in [0.2, 0.25) is 0 Å². The highest BCUT2D eigenvalue weighted by Crippen LogP contribution is 2.24. The average molecular weight is 349 g/mol. The lowest BCUT2D eigenvalue weighted by molar-refractivity contribution is -0.122. The fourth-order valence-corrected chi connectivity index (χ4v) is 3.00. The highest BCUT2D eigenvalue weighted by atomic mass is 16.5. The molecule has 0 aromatic carbocycles. The Balaban J connectivity index is 1.98. The molecule has 2 rings (SSSR count). The summed E-state index contributed by atoms with van der Waals surface area (Å²) in [6.07, 6.45) is 3.42. The molecule has 25 heavy (non-hydrogen) atoms. The summed E-state index contributed by atoms with van der Waals surface area (Å²) in [4.78, 5) is 30.0. The molecule has 0 aliphatic carbocycles. The number of carbonyl (C=O) groups is 2. The van der Waals surface area contributed by atoms with Crippen LogP contribution in [0.5, 0.6) is 0 Å². The Hall–Kier alpha value is -2.35. The van der Waals surface area contributed by atoms with E-state index in [0.29, 0.717) is 19.7 Å².